The molecule has 0 spiro atoms. The molecule has 2 aromatic carbocycles. The van der Waals surface area contributed by atoms with Crippen LogP contribution in [0.5, 0.6) is 0 Å². The van der Waals surface area contributed by atoms with Crippen LogP contribution >= 0.6 is 0 Å². The smallest absolute Gasteiger partial charge is 0.206 e. The number of nitrogens with zero attached hydrogens (tertiary/aromatic N) is 1. The Labute approximate surface area is 144 Å². The molecule has 0 saturated carbocycles. The topological polar surface area (TPSA) is 58.5 Å². The molecule has 0 aliphatic carbocycles. The fraction of sp³-hybridized carbons (Fsp3) is 0.316. The number of hydrazone groups is 1. The van der Waals surface area contributed by atoms with Gasteiger partial charge in [0.05, 0.1) is 15.5 Å². The van der Waals surface area contributed by atoms with E-state index in [4.69, 9.17) is 0 Å². The minimum Gasteiger partial charge on any atom is -0.279 e. The van der Waals surface area contributed by atoms with Crippen LogP contribution < -0.4 is 5.43 Å². The van der Waals surface area contributed by atoms with Gasteiger partial charge in [0.25, 0.3) is 0 Å². The number of benzene rings is 2. The molecular weight excluding hydrogens is 320 g/mol. The van der Waals surface area contributed by atoms with E-state index in [9.17, 15) is 8.42 Å². The highest BCUT2D eigenvalue weighted by Crippen LogP contribution is 2.22. The first-order valence-corrected chi connectivity index (χ1v) is 9.57. The van der Waals surface area contributed by atoms with Crippen molar-refractivity contribution in [3.05, 3.63) is 54.1 Å². The number of aryl methyl sites for hydroxylation is 1. The van der Waals surface area contributed by atoms with Crippen molar-refractivity contribution in [1.82, 2.24) is 0 Å². The van der Waals surface area contributed by atoms with Gasteiger partial charge in [0.2, 0.25) is 9.84 Å². The van der Waals surface area contributed by atoms with E-state index in [1.807, 2.05) is 6.92 Å². The molecule has 0 bridgehead atoms. The summed E-state index contributed by atoms with van der Waals surface area (Å²) in [5.74, 6) is 0.378. The van der Waals surface area contributed by atoms with Crippen molar-refractivity contribution >= 4 is 21.2 Å². The van der Waals surface area contributed by atoms with Crippen molar-refractivity contribution in [1.29, 1.82) is 0 Å². The summed E-state index contributed by atoms with van der Waals surface area (Å²) in [4.78, 5) is 0.584. The predicted molar refractivity (Wildman–Crippen MR) is 99.3 cm³/mol. The Kier molecular flexibility index (Phi) is 5.78. The van der Waals surface area contributed by atoms with Crippen LogP contribution in [0.2, 0.25) is 0 Å². The van der Waals surface area contributed by atoms with Crippen molar-refractivity contribution in [3.8, 4) is 0 Å². The molecule has 0 fully saturated rings. The van der Waals surface area contributed by atoms with Gasteiger partial charge in [0, 0.05) is 5.71 Å². The Morgan fingerprint density at radius 2 is 1.50 bits per heavy atom. The molecule has 2 rings (SSSR count). The zero-order valence-corrected chi connectivity index (χ0v) is 15.4. The van der Waals surface area contributed by atoms with Gasteiger partial charge in [-0.3, -0.25) is 5.43 Å². The molecule has 0 aliphatic rings. The highest BCUT2D eigenvalue weighted by Gasteiger charge is 2.17. The van der Waals surface area contributed by atoms with Gasteiger partial charge in [0.15, 0.2) is 0 Å². The third-order valence-electron chi connectivity index (χ3n) is 3.85. The summed E-state index contributed by atoms with van der Waals surface area (Å²) < 4.78 is 25.2. The van der Waals surface area contributed by atoms with Gasteiger partial charge in [-0.05, 0) is 55.7 Å². The van der Waals surface area contributed by atoms with Gasteiger partial charge in [-0.1, -0.05) is 38.5 Å². The van der Waals surface area contributed by atoms with Gasteiger partial charge in [-0.25, -0.2) is 8.42 Å². The maximum atomic E-state index is 12.6. The van der Waals surface area contributed by atoms with Gasteiger partial charge in [-0.2, -0.15) is 5.10 Å². The lowest BCUT2D eigenvalue weighted by Crippen LogP contribution is -2.08. The first-order valence-electron chi connectivity index (χ1n) is 8.09. The fourth-order valence-electron chi connectivity index (χ4n) is 2.31. The van der Waals surface area contributed by atoms with Crippen LogP contribution in [0.3, 0.4) is 0 Å². The maximum absolute atomic E-state index is 12.6. The van der Waals surface area contributed by atoms with E-state index in [0.29, 0.717) is 10.8 Å². The second-order valence-corrected chi connectivity index (χ2v) is 8.01. The summed E-state index contributed by atoms with van der Waals surface area (Å²) in [7, 11) is -3.49. The molecule has 5 heteroatoms. The van der Waals surface area contributed by atoms with Crippen LogP contribution in [0.15, 0.2) is 63.4 Å². The number of hydrogen-bond acceptors (Lipinski definition) is 4. The summed E-state index contributed by atoms with van der Waals surface area (Å²) in [6.45, 7) is 8.19. The summed E-state index contributed by atoms with van der Waals surface area (Å²) in [5, 5.41) is 4.39. The summed E-state index contributed by atoms with van der Waals surface area (Å²) >= 11 is 0. The molecule has 0 unspecified atom stereocenters. The predicted octanol–water partition coefficient (Wildman–Crippen LogP) is 4.66. The van der Waals surface area contributed by atoms with Gasteiger partial charge in [-0.15, -0.1) is 0 Å². The highest BCUT2D eigenvalue weighted by atomic mass is 32.2. The number of nitrogens with one attached hydrogen (secondary N) is 1. The van der Waals surface area contributed by atoms with E-state index in [1.165, 1.54) is 0 Å². The Bertz CT molecular complexity index is 805. The summed E-state index contributed by atoms with van der Waals surface area (Å²) in [6.07, 6.45) is 0.880. The van der Waals surface area contributed by atoms with E-state index >= 15 is 0 Å². The number of anilines is 1. The minimum atomic E-state index is -3.49. The molecule has 0 saturated heterocycles. The number of rotatable bonds is 6. The number of sulfone groups is 1. The highest BCUT2D eigenvalue weighted by molar-refractivity contribution is 7.91. The second-order valence-electron chi connectivity index (χ2n) is 6.06. The molecule has 0 amide bonds. The van der Waals surface area contributed by atoms with Crippen LogP contribution in [0.4, 0.5) is 5.69 Å². The molecule has 0 aromatic heterocycles. The van der Waals surface area contributed by atoms with E-state index in [1.54, 1.807) is 48.5 Å². The molecule has 0 heterocycles. The minimum absolute atomic E-state index is 0.278. The van der Waals surface area contributed by atoms with Crippen LogP contribution in [-0.2, 0) is 9.84 Å². The summed E-state index contributed by atoms with van der Waals surface area (Å²) in [6, 6.07) is 13.6. The quantitative estimate of drug-likeness (QED) is 0.612. The maximum Gasteiger partial charge on any atom is 0.206 e. The molecule has 4 nitrogen and oxygen atoms in total. The molecule has 0 aliphatic heterocycles. The van der Waals surface area contributed by atoms with Crippen LogP contribution in [0.25, 0.3) is 0 Å². The molecule has 0 radical (unpaired) electrons. The van der Waals surface area contributed by atoms with Crippen molar-refractivity contribution in [2.45, 2.75) is 43.9 Å². The van der Waals surface area contributed by atoms with Crippen LogP contribution in [-0.4, -0.2) is 14.1 Å². The average Bonchev–Trinajstić information content (AvgIpc) is 2.56. The Morgan fingerprint density at radius 3 is 1.96 bits per heavy atom. The SMILES string of the molecule is CC/C(=N/Nc1ccc(S(=O)(=O)c2ccc(C)cc2)cc1)C(C)C. The van der Waals surface area contributed by atoms with Crippen LogP contribution in [0.1, 0.15) is 32.8 Å². The summed E-state index contributed by atoms with van der Waals surface area (Å²) in [5.41, 5.74) is 5.87. The standard InChI is InChI=1S/C19H24N2O2S/c1-5-19(14(2)3)21-20-16-8-12-18(13-9-16)24(22,23)17-10-6-15(4)7-11-17/h6-14,20H,5H2,1-4H3/b21-19-. The fourth-order valence-corrected chi connectivity index (χ4v) is 3.58. The lowest BCUT2D eigenvalue weighted by molar-refractivity contribution is 0.596. The molecule has 24 heavy (non-hydrogen) atoms. The molecule has 128 valence electrons. The lowest BCUT2D eigenvalue weighted by Gasteiger charge is -2.09. The zero-order valence-electron chi connectivity index (χ0n) is 14.6. The van der Waals surface area contributed by atoms with Crippen molar-refractivity contribution in [2.75, 3.05) is 5.43 Å². The van der Waals surface area contributed by atoms with Gasteiger partial charge < -0.3 is 0 Å². The third kappa shape index (κ3) is 4.23. The monoisotopic (exact) mass is 344 g/mol. The van der Waals surface area contributed by atoms with E-state index in [-0.39, 0.29) is 4.90 Å². The van der Waals surface area contributed by atoms with Gasteiger partial charge in [0.1, 0.15) is 0 Å². The average molecular weight is 344 g/mol. The number of hydrogen-bond donors (Lipinski definition) is 1. The normalized spacial score (nSPS) is 12.5. The molecule has 2 aromatic rings. The van der Waals surface area contributed by atoms with Crippen LogP contribution in [0, 0.1) is 12.8 Å². The van der Waals surface area contributed by atoms with E-state index in [2.05, 4.69) is 31.3 Å². The van der Waals surface area contributed by atoms with Crippen molar-refractivity contribution in [2.24, 2.45) is 11.0 Å². The first kappa shape index (κ1) is 18.2. The Morgan fingerprint density at radius 1 is 1.00 bits per heavy atom. The molecular formula is C19H24N2O2S. The van der Waals surface area contributed by atoms with Crippen molar-refractivity contribution < 1.29 is 8.42 Å². The van der Waals surface area contributed by atoms with E-state index in [0.717, 1.165) is 23.4 Å². The molecule has 0 atom stereocenters. The zero-order chi connectivity index (χ0) is 17.7. The Balaban J connectivity index is 2.21. The third-order valence-corrected chi connectivity index (χ3v) is 5.64. The van der Waals surface area contributed by atoms with E-state index < -0.39 is 9.84 Å². The van der Waals surface area contributed by atoms with Crippen molar-refractivity contribution in [3.63, 3.8) is 0 Å². The Hall–Kier alpha value is -2.14. The second kappa shape index (κ2) is 7.62. The first-order chi connectivity index (χ1) is 11.3. The lowest BCUT2D eigenvalue weighted by atomic mass is 10.1. The van der Waals surface area contributed by atoms with Gasteiger partial charge >= 0.3 is 0 Å². The largest absolute Gasteiger partial charge is 0.279 e. The molecule has 1 N–H and O–H groups in total.